The molecule has 1 spiro atoms. The molecule has 2 aromatic carbocycles. The van der Waals surface area contributed by atoms with Crippen molar-refractivity contribution in [3.05, 3.63) is 58.6 Å². The van der Waals surface area contributed by atoms with Crippen LogP contribution in [-0.4, -0.2) is 42.1 Å². The minimum absolute atomic E-state index is 0.0281. The van der Waals surface area contributed by atoms with E-state index >= 15 is 0 Å². The van der Waals surface area contributed by atoms with Crippen molar-refractivity contribution >= 4 is 44.5 Å². The Labute approximate surface area is 197 Å². The number of fused-ring (bicyclic) bond motifs is 1. The van der Waals surface area contributed by atoms with Crippen LogP contribution in [0.5, 0.6) is 0 Å². The number of carbonyl (C=O) groups excluding carboxylic acids is 1. The Hall–Kier alpha value is -2.67. The van der Waals surface area contributed by atoms with Crippen molar-refractivity contribution in [1.82, 2.24) is 15.3 Å². The molecule has 2 N–H and O–H groups in total. The van der Waals surface area contributed by atoms with Crippen LogP contribution in [0.1, 0.15) is 42.5 Å². The topological polar surface area (TPSA) is 70.2 Å². The van der Waals surface area contributed by atoms with E-state index in [4.69, 9.17) is 9.97 Å². The summed E-state index contributed by atoms with van der Waals surface area (Å²) in [7, 11) is 4.03. The molecular formula is C25H28BrN5O. The number of rotatable bonds is 5. The van der Waals surface area contributed by atoms with Crippen LogP contribution in [0, 0.1) is 5.41 Å². The number of amides is 1. The third kappa shape index (κ3) is 4.18. The van der Waals surface area contributed by atoms with Gasteiger partial charge in [0.05, 0.1) is 5.52 Å². The lowest BCUT2D eigenvalue weighted by atomic mass is 9.83. The van der Waals surface area contributed by atoms with Gasteiger partial charge in [0.15, 0.2) is 0 Å². The van der Waals surface area contributed by atoms with Crippen LogP contribution in [0.3, 0.4) is 0 Å². The van der Waals surface area contributed by atoms with Gasteiger partial charge in [0.1, 0.15) is 5.82 Å². The lowest BCUT2D eigenvalue weighted by Crippen LogP contribution is -2.34. The molecule has 3 aromatic rings. The summed E-state index contributed by atoms with van der Waals surface area (Å²) in [4.78, 5) is 24.1. The number of halogens is 1. The molecule has 1 aromatic heterocycles. The van der Waals surface area contributed by atoms with Gasteiger partial charge in [-0.25, -0.2) is 4.98 Å². The van der Waals surface area contributed by atoms with Crippen LogP contribution in [-0.2, 0) is 0 Å². The van der Waals surface area contributed by atoms with Gasteiger partial charge in [-0.1, -0.05) is 28.1 Å². The number of benzene rings is 2. The Balaban J connectivity index is 1.20. The smallest absolute Gasteiger partial charge is 0.251 e. The highest BCUT2D eigenvalue weighted by molar-refractivity contribution is 9.10. The number of hydrogen-bond donors (Lipinski definition) is 2. The van der Waals surface area contributed by atoms with E-state index in [9.17, 15) is 4.79 Å². The summed E-state index contributed by atoms with van der Waals surface area (Å²) in [6.07, 6.45) is 5.45. The molecule has 5 rings (SSSR count). The third-order valence-corrected chi connectivity index (χ3v) is 7.45. The summed E-state index contributed by atoms with van der Waals surface area (Å²) in [6, 6.07) is 16.3. The van der Waals surface area contributed by atoms with Crippen molar-refractivity contribution in [2.75, 3.05) is 24.3 Å². The maximum absolute atomic E-state index is 12.6. The molecule has 1 heterocycles. The van der Waals surface area contributed by atoms with E-state index < -0.39 is 0 Å². The van der Waals surface area contributed by atoms with Gasteiger partial charge in [0.2, 0.25) is 5.95 Å². The van der Waals surface area contributed by atoms with Gasteiger partial charge in [-0.15, -0.1) is 0 Å². The van der Waals surface area contributed by atoms with Crippen LogP contribution in [0.2, 0.25) is 0 Å². The van der Waals surface area contributed by atoms with E-state index in [0.29, 0.717) is 12.0 Å². The fraction of sp³-hybridized carbons (Fsp3) is 0.400. The number of para-hydroxylation sites is 1. The van der Waals surface area contributed by atoms with Crippen LogP contribution in [0.4, 0.5) is 11.8 Å². The Morgan fingerprint density at radius 2 is 1.78 bits per heavy atom. The quantitative estimate of drug-likeness (QED) is 0.523. The zero-order chi connectivity index (χ0) is 22.3. The minimum atomic E-state index is 0.0281. The van der Waals surface area contributed by atoms with Crippen LogP contribution in [0.15, 0.2) is 53.0 Å². The second-order valence-electron chi connectivity index (χ2n) is 9.30. The maximum Gasteiger partial charge on any atom is 0.251 e. The van der Waals surface area contributed by atoms with Crippen molar-refractivity contribution in [2.24, 2.45) is 5.41 Å². The van der Waals surface area contributed by atoms with Crippen LogP contribution in [0.25, 0.3) is 10.9 Å². The summed E-state index contributed by atoms with van der Waals surface area (Å²) in [5, 5.41) is 7.89. The van der Waals surface area contributed by atoms with Gasteiger partial charge in [-0.3, -0.25) is 4.79 Å². The standard InChI is InChI=1S/C25H28BrN5O/c1-31(2)22-19-5-3-4-6-20(19)28-24(30-22)27-18-11-13-25(14-12-18)15-21(25)29-23(32)16-7-9-17(26)10-8-16/h3-10,18,21H,11-15H2,1-2H3,(H,29,32)(H,27,28,30)/t18?,21-,25?/m1/s1. The second-order valence-corrected chi connectivity index (χ2v) is 10.2. The van der Waals surface area contributed by atoms with Gasteiger partial charge in [-0.05, 0) is 73.9 Å². The number of aromatic nitrogens is 2. The fourth-order valence-electron chi connectivity index (χ4n) is 4.93. The molecule has 0 aliphatic heterocycles. The van der Waals surface area contributed by atoms with E-state index in [0.717, 1.165) is 58.9 Å². The van der Waals surface area contributed by atoms with Gasteiger partial charge in [-0.2, -0.15) is 4.98 Å². The summed E-state index contributed by atoms with van der Waals surface area (Å²) < 4.78 is 0.982. The molecule has 0 radical (unpaired) electrons. The fourth-order valence-corrected chi connectivity index (χ4v) is 5.20. The van der Waals surface area contributed by atoms with Crippen molar-refractivity contribution in [2.45, 2.75) is 44.2 Å². The second kappa shape index (κ2) is 8.35. The molecule has 166 valence electrons. The molecule has 2 aliphatic carbocycles. The van der Waals surface area contributed by atoms with Crippen molar-refractivity contribution in [3.63, 3.8) is 0 Å². The third-order valence-electron chi connectivity index (χ3n) is 6.92. The molecule has 2 fully saturated rings. The van der Waals surface area contributed by atoms with Gasteiger partial charge in [0.25, 0.3) is 5.91 Å². The molecule has 7 heteroatoms. The van der Waals surface area contributed by atoms with E-state index in [1.807, 2.05) is 61.5 Å². The van der Waals surface area contributed by atoms with Gasteiger partial charge < -0.3 is 15.5 Å². The normalized spacial score (nSPS) is 24.3. The van der Waals surface area contributed by atoms with E-state index in [2.05, 4.69) is 32.6 Å². The molecule has 32 heavy (non-hydrogen) atoms. The van der Waals surface area contributed by atoms with E-state index in [-0.39, 0.29) is 17.4 Å². The maximum atomic E-state index is 12.6. The summed E-state index contributed by atoms with van der Waals surface area (Å²) >= 11 is 3.42. The number of hydrogen-bond acceptors (Lipinski definition) is 5. The Morgan fingerprint density at radius 3 is 2.50 bits per heavy atom. The highest BCUT2D eigenvalue weighted by Gasteiger charge is 2.55. The SMILES string of the molecule is CN(C)c1nc(NC2CCC3(CC2)C[C@H]3NC(=O)c2ccc(Br)cc2)nc2ccccc12. The molecule has 1 atom stereocenters. The number of carbonyl (C=O) groups is 1. The molecule has 6 nitrogen and oxygen atoms in total. The minimum Gasteiger partial charge on any atom is -0.362 e. The van der Waals surface area contributed by atoms with E-state index in [1.165, 1.54) is 0 Å². The first-order chi connectivity index (χ1) is 15.4. The zero-order valence-electron chi connectivity index (χ0n) is 18.4. The molecule has 1 amide bonds. The van der Waals surface area contributed by atoms with Crippen molar-refractivity contribution in [3.8, 4) is 0 Å². The molecular weight excluding hydrogens is 466 g/mol. The number of nitrogens with zero attached hydrogens (tertiary/aromatic N) is 3. The first kappa shape index (κ1) is 21.2. The Bertz CT molecular complexity index is 1140. The first-order valence-electron chi connectivity index (χ1n) is 11.2. The molecule has 2 aliphatic rings. The largest absolute Gasteiger partial charge is 0.362 e. The van der Waals surface area contributed by atoms with Gasteiger partial charge >= 0.3 is 0 Å². The van der Waals surface area contributed by atoms with E-state index in [1.54, 1.807) is 0 Å². The zero-order valence-corrected chi connectivity index (χ0v) is 20.0. The molecule has 2 saturated carbocycles. The van der Waals surface area contributed by atoms with Crippen LogP contribution < -0.4 is 15.5 Å². The molecule has 0 saturated heterocycles. The lowest BCUT2D eigenvalue weighted by molar-refractivity contribution is 0.0941. The number of nitrogens with one attached hydrogen (secondary N) is 2. The summed E-state index contributed by atoms with van der Waals surface area (Å²) in [5.41, 5.74) is 1.94. The van der Waals surface area contributed by atoms with Gasteiger partial charge in [0, 0.05) is 41.6 Å². The highest BCUT2D eigenvalue weighted by atomic mass is 79.9. The average Bonchev–Trinajstić information content (AvgIpc) is 3.46. The summed E-state index contributed by atoms with van der Waals surface area (Å²) in [5.74, 6) is 1.66. The average molecular weight is 494 g/mol. The predicted molar refractivity (Wildman–Crippen MR) is 132 cm³/mol. The Kier molecular flexibility index (Phi) is 5.53. The van der Waals surface area contributed by atoms with Crippen LogP contribution >= 0.6 is 15.9 Å². The number of anilines is 2. The molecule has 0 unspecified atom stereocenters. The van der Waals surface area contributed by atoms with Crippen molar-refractivity contribution in [1.29, 1.82) is 0 Å². The predicted octanol–water partition coefficient (Wildman–Crippen LogP) is 5.00. The van der Waals surface area contributed by atoms with Crippen molar-refractivity contribution < 1.29 is 4.79 Å². The summed E-state index contributed by atoms with van der Waals surface area (Å²) in [6.45, 7) is 0. The Morgan fingerprint density at radius 1 is 1.06 bits per heavy atom. The highest BCUT2D eigenvalue weighted by Crippen LogP contribution is 2.56. The first-order valence-corrected chi connectivity index (χ1v) is 12.0. The lowest BCUT2D eigenvalue weighted by Gasteiger charge is -2.30. The monoisotopic (exact) mass is 493 g/mol. The molecule has 0 bridgehead atoms.